The molecule has 0 aromatic carbocycles. The molecule has 3 N–H and O–H groups in total. The number of hydrogen-bond acceptors (Lipinski definition) is 15. The Balaban J connectivity index is 5.19. The molecular formula is C74H144O17P2. The molecule has 93 heavy (non-hydrogen) atoms. The first-order valence-corrected chi connectivity index (χ1v) is 41.7. The largest absolute Gasteiger partial charge is 0.472 e. The number of hydrogen-bond donors (Lipinski definition) is 3. The van der Waals surface area contributed by atoms with E-state index in [1.54, 1.807) is 0 Å². The zero-order valence-corrected chi connectivity index (χ0v) is 62.2. The lowest BCUT2D eigenvalue weighted by atomic mass is 10.00. The minimum absolute atomic E-state index is 0.103. The molecule has 0 heterocycles. The lowest BCUT2D eigenvalue weighted by molar-refractivity contribution is -0.161. The van der Waals surface area contributed by atoms with Crippen molar-refractivity contribution in [3.05, 3.63) is 0 Å². The number of carbonyl (C=O) groups is 4. The Hall–Kier alpha value is -1.94. The van der Waals surface area contributed by atoms with Crippen LogP contribution in [-0.4, -0.2) is 96.7 Å². The van der Waals surface area contributed by atoms with Crippen LogP contribution in [0.5, 0.6) is 0 Å². The van der Waals surface area contributed by atoms with Crippen LogP contribution < -0.4 is 0 Å². The first-order valence-electron chi connectivity index (χ1n) is 38.7. The molecule has 0 saturated heterocycles. The zero-order valence-electron chi connectivity index (χ0n) is 60.4. The third-order valence-corrected chi connectivity index (χ3v) is 19.5. The summed E-state index contributed by atoms with van der Waals surface area (Å²) in [6, 6.07) is 0. The standard InChI is InChI=1S/C74H144O17P2/c1-6-10-13-16-19-22-24-26-28-29-30-31-32-33-35-37-40-43-49-54-59-73(78)90-69(63-85-72(77)58-53-48-42-39-36-34-27-25-23-20-17-14-11-7-2)65-88-92(80,81)86-61-68(75)62-87-93(82,83)89-66-70(64-84-71(76)57-52-47-41-38-21-18-15-12-8-3)91-74(79)60-55-50-45-44-46-51-56-67(5)9-4/h67-70,75H,6-66H2,1-5H3,(H,80,81)(H,82,83)/t67?,68-,69-,70-/m1/s1. The molecule has 552 valence electrons. The number of carbonyl (C=O) groups excluding carboxylic acids is 4. The number of aliphatic hydroxyl groups excluding tert-OH is 1. The summed E-state index contributed by atoms with van der Waals surface area (Å²) in [5.74, 6) is -1.40. The van der Waals surface area contributed by atoms with Crippen LogP contribution in [0.3, 0.4) is 0 Å². The van der Waals surface area contributed by atoms with E-state index in [2.05, 4.69) is 34.6 Å². The van der Waals surface area contributed by atoms with E-state index in [4.69, 9.17) is 37.0 Å². The van der Waals surface area contributed by atoms with Crippen LogP contribution in [0.25, 0.3) is 0 Å². The van der Waals surface area contributed by atoms with Gasteiger partial charge in [-0.25, -0.2) is 9.13 Å². The minimum Gasteiger partial charge on any atom is -0.462 e. The Bertz CT molecular complexity index is 1790. The molecule has 0 saturated carbocycles. The smallest absolute Gasteiger partial charge is 0.462 e. The summed E-state index contributed by atoms with van der Waals surface area (Å²) in [6.07, 6.45) is 55.6. The number of unbranched alkanes of at least 4 members (excludes halogenated alkanes) is 45. The third kappa shape index (κ3) is 67.0. The second-order valence-electron chi connectivity index (χ2n) is 26.9. The molecular weight excluding hydrogens is 1220 g/mol. The van der Waals surface area contributed by atoms with Gasteiger partial charge in [0, 0.05) is 25.7 Å². The van der Waals surface area contributed by atoms with Crippen molar-refractivity contribution >= 4 is 39.5 Å². The predicted octanol–water partition coefficient (Wildman–Crippen LogP) is 21.7. The lowest BCUT2D eigenvalue weighted by Crippen LogP contribution is -2.30. The van der Waals surface area contributed by atoms with E-state index in [1.807, 2.05) is 0 Å². The number of esters is 4. The van der Waals surface area contributed by atoms with E-state index in [9.17, 15) is 43.2 Å². The SMILES string of the molecule is CCCCCCCCCCCCCCCCCCCCCCC(=O)O[C@H](COC(=O)CCCCCCCCCCCCCCCC)COP(=O)(O)OC[C@@H](O)COP(=O)(O)OC[C@@H](COC(=O)CCCCCCCCCCC)OC(=O)CCCCCCCCC(C)CC. The molecule has 0 radical (unpaired) electrons. The van der Waals surface area contributed by atoms with Crippen molar-refractivity contribution in [2.45, 2.75) is 406 Å². The maximum absolute atomic E-state index is 13.1. The Morgan fingerprint density at radius 2 is 0.516 bits per heavy atom. The quantitative estimate of drug-likeness (QED) is 0.0222. The Morgan fingerprint density at radius 1 is 0.301 bits per heavy atom. The molecule has 3 unspecified atom stereocenters. The van der Waals surface area contributed by atoms with E-state index in [-0.39, 0.29) is 25.7 Å². The van der Waals surface area contributed by atoms with Crippen LogP contribution in [0, 0.1) is 5.92 Å². The van der Waals surface area contributed by atoms with E-state index in [1.165, 1.54) is 212 Å². The summed E-state index contributed by atoms with van der Waals surface area (Å²) in [5, 5.41) is 10.6. The Kier molecular flexibility index (Phi) is 65.9. The molecule has 0 bridgehead atoms. The van der Waals surface area contributed by atoms with Crippen LogP contribution in [0.15, 0.2) is 0 Å². The highest BCUT2D eigenvalue weighted by molar-refractivity contribution is 7.47. The number of phosphoric ester groups is 2. The Labute approximate surface area is 568 Å². The van der Waals surface area contributed by atoms with Crippen molar-refractivity contribution in [3.8, 4) is 0 Å². The molecule has 17 nitrogen and oxygen atoms in total. The van der Waals surface area contributed by atoms with Gasteiger partial charge in [0.2, 0.25) is 0 Å². The van der Waals surface area contributed by atoms with Gasteiger partial charge in [0.1, 0.15) is 19.3 Å². The van der Waals surface area contributed by atoms with Crippen LogP contribution in [0.1, 0.15) is 388 Å². The summed E-state index contributed by atoms with van der Waals surface area (Å²) >= 11 is 0. The van der Waals surface area contributed by atoms with Crippen molar-refractivity contribution in [1.82, 2.24) is 0 Å². The average molecular weight is 1370 g/mol. The van der Waals surface area contributed by atoms with E-state index < -0.39 is 97.5 Å². The third-order valence-electron chi connectivity index (χ3n) is 17.6. The van der Waals surface area contributed by atoms with E-state index >= 15 is 0 Å². The summed E-state index contributed by atoms with van der Waals surface area (Å²) < 4.78 is 68.4. The van der Waals surface area contributed by atoms with Gasteiger partial charge in [0.25, 0.3) is 0 Å². The molecule has 0 rings (SSSR count). The highest BCUT2D eigenvalue weighted by atomic mass is 31.2. The Morgan fingerprint density at radius 3 is 0.763 bits per heavy atom. The lowest BCUT2D eigenvalue weighted by Gasteiger charge is -2.21. The number of phosphoric acid groups is 2. The fourth-order valence-electron chi connectivity index (χ4n) is 11.3. The first kappa shape index (κ1) is 91.1. The fraction of sp³-hybridized carbons (Fsp3) is 0.946. The fourth-order valence-corrected chi connectivity index (χ4v) is 12.9. The highest BCUT2D eigenvalue weighted by Gasteiger charge is 2.30. The highest BCUT2D eigenvalue weighted by Crippen LogP contribution is 2.45. The van der Waals surface area contributed by atoms with Crippen molar-refractivity contribution < 1.29 is 80.2 Å². The predicted molar refractivity (Wildman–Crippen MR) is 377 cm³/mol. The molecule has 0 spiro atoms. The average Bonchev–Trinajstić information content (AvgIpc) is 2.10. The van der Waals surface area contributed by atoms with Gasteiger partial charge in [-0.05, 0) is 31.6 Å². The molecule has 0 aromatic rings. The van der Waals surface area contributed by atoms with E-state index in [0.29, 0.717) is 25.7 Å². The van der Waals surface area contributed by atoms with Crippen molar-refractivity contribution in [2.24, 2.45) is 5.92 Å². The molecule has 0 aliphatic rings. The summed E-state index contributed by atoms with van der Waals surface area (Å²) in [5.41, 5.74) is 0. The number of aliphatic hydroxyl groups is 1. The van der Waals surface area contributed by atoms with Crippen LogP contribution in [0.2, 0.25) is 0 Å². The normalized spacial score (nSPS) is 14.3. The van der Waals surface area contributed by atoms with Gasteiger partial charge in [0.05, 0.1) is 26.4 Å². The zero-order chi connectivity index (χ0) is 68.4. The molecule has 0 fully saturated rings. The molecule has 19 heteroatoms. The number of rotatable bonds is 74. The van der Waals surface area contributed by atoms with Gasteiger partial charge in [-0.2, -0.15) is 0 Å². The topological polar surface area (TPSA) is 237 Å². The molecule has 0 amide bonds. The first-order chi connectivity index (χ1) is 45.1. The second-order valence-corrected chi connectivity index (χ2v) is 29.8. The van der Waals surface area contributed by atoms with Crippen molar-refractivity contribution in [1.29, 1.82) is 0 Å². The molecule has 0 aliphatic carbocycles. The molecule has 6 atom stereocenters. The van der Waals surface area contributed by atoms with Gasteiger partial charge < -0.3 is 33.8 Å². The van der Waals surface area contributed by atoms with Gasteiger partial charge >= 0.3 is 39.5 Å². The van der Waals surface area contributed by atoms with Crippen LogP contribution in [0.4, 0.5) is 0 Å². The molecule has 0 aromatic heterocycles. The monoisotopic (exact) mass is 1370 g/mol. The summed E-state index contributed by atoms with van der Waals surface area (Å²) in [7, 11) is -9.90. The number of ether oxygens (including phenoxy) is 4. The van der Waals surface area contributed by atoms with E-state index in [0.717, 1.165) is 95.8 Å². The van der Waals surface area contributed by atoms with Gasteiger partial charge in [-0.3, -0.25) is 37.3 Å². The summed E-state index contributed by atoms with van der Waals surface area (Å²) in [6.45, 7) is 7.21. The second kappa shape index (κ2) is 67.3. The van der Waals surface area contributed by atoms with Crippen LogP contribution in [-0.2, 0) is 65.4 Å². The van der Waals surface area contributed by atoms with Gasteiger partial charge in [-0.1, -0.05) is 336 Å². The maximum Gasteiger partial charge on any atom is 0.472 e. The van der Waals surface area contributed by atoms with Gasteiger partial charge in [-0.15, -0.1) is 0 Å². The maximum atomic E-state index is 13.1. The van der Waals surface area contributed by atoms with Crippen LogP contribution >= 0.6 is 15.6 Å². The van der Waals surface area contributed by atoms with Crippen molar-refractivity contribution in [3.63, 3.8) is 0 Å². The van der Waals surface area contributed by atoms with Crippen molar-refractivity contribution in [2.75, 3.05) is 39.6 Å². The van der Waals surface area contributed by atoms with Gasteiger partial charge in [0.15, 0.2) is 12.2 Å². The summed E-state index contributed by atoms with van der Waals surface area (Å²) in [4.78, 5) is 72.6. The molecule has 0 aliphatic heterocycles. The minimum atomic E-state index is -4.95.